The fourth-order valence-electron chi connectivity index (χ4n) is 2.43. The van der Waals surface area contributed by atoms with Crippen LogP contribution in [0.25, 0.3) is 0 Å². The van der Waals surface area contributed by atoms with Crippen LogP contribution >= 0.6 is 0 Å². The summed E-state index contributed by atoms with van der Waals surface area (Å²) in [4.78, 5) is 6.75. The summed E-state index contributed by atoms with van der Waals surface area (Å²) in [6.07, 6.45) is -15.3. The van der Waals surface area contributed by atoms with E-state index in [0.29, 0.717) is 18.2 Å². The quantitative estimate of drug-likeness (QED) is 0.574. The molecular weight excluding hydrogens is 433 g/mol. The number of rotatable bonds is 4. The minimum atomic E-state index is -5.25. The molecule has 2 rings (SSSR count). The number of hydrogen-bond donors (Lipinski definition) is 0. The number of ether oxygens (including phenoxy) is 1. The Labute approximate surface area is 163 Å². The van der Waals surface area contributed by atoms with Gasteiger partial charge in [0.2, 0.25) is 5.62 Å². The van der Waals surface area contributed by atoms with Gasteiger partial charge in [-0.2, -0.15) is 39.5 Å². The summed E-state index contributed by atoms with van der Waals surface area (Å²) in [6, 6.07) is 1.17. The normalized spacial score (nSPS) is 13.6. The summed E-state index contributed by atoms with van der Waals surface area (Å²) in [5.74, 6) is -0.360. The van der Waals surface area contributed by atoms with Crippen LogP contribution in [-0.2, 0) is 25.1 Å². The highest BCUT2D eigenvalue weighted by Crippen LogP contribution is 2.40. The molecular formula is C17H14F9N3O. The second-order valence-electron chi connectivity index (χ2n) is 5.79. The highest BCUT2D eigenvalue weighted by atomic mass is 19.4. The van der Waals surface area contributed by atoms with Crippen molar-refractivity contribution in [2.24, 2.45) is 4.99 Å². The zero-order chi connectivity index (χ0) is 22.9. The van der Waals surface area contributed by atoms with Gasteiger partial charge >= 0.3 is 18.5 Å². The lowest BCUT2D eigenvalue weighted by Crippen LogP contribution is -2.29. The second-order valence-corrected chi connectivity index (χ2v) is 5.79. The van der Waals surface area contributed by atoms with Crippen molar-refractivity contribution in [3.8, 4) is 5.88 Å². The summed E-state index contributed by atoms with van der Waals surface area (Å²) in [6.45, 7) is 2.78. The van der Waals surface area contributed by atoms with Gasteiger partial charge in [-0.3, -0.25) is 4.57 Å². The van der Waals surface area contributed by atoms with Gasteiger partial charge in [0.1, 0.15) is 0 Å². The Balaban J connectivity index is 2.86. The second kappa shape index (κ2) is 8.19. The molecule has 0 N–H and O–H groups in total. The third-order valence-electron chi connectivity index (χ3n) is 3.74. The average Bonchev–Trinajstić information content (AvgIpc) is 2.59. The van der Waals surface area contributed by atoms with E-state index in [0.717, 1.165) is 4.57 Å². The molecule has 0 saturated carbocycles. The zero-order valence-electron chi connectivity index (χ0n) is 15.4. The molecule has 0 aliphatic rings. The van der Waals surface area contributed by atoms with Crippen LogP contribution in [0.15, 0.2) is 29.3 Å². The van der Waals surface area contributed by atoms with Crippen LogP contribution in [0.4, 0.5) is 45.2 Å². The van der Waals surface area contributed by atoms with Gasteiger partial charge in [0.25, 0.3) is 0 Å². The van der Waals surface area contributed by atoms with Crippen molar-refractivity contribution in [1.29, 1.82) is 0 Å². The Morgan fingerprint density at radius 1 is 0.900 bits per heavy atom. The van der Waals surface area contributed by atoms with Crippen molar-refractivity contribution in [2.45, 2.75) is 38.9 Å². The lowest BCUT2D eigenvalue weighted by molar-refractivity contribution is -0.143. The van der Waals surface area contributed by atoms with Gasteiger partial charge < -0.3 is 4.74 Å². The first-order chi connectivity index (χ1) is 13.7. The fourth-order valence-corrected chi connectivity index (χ4v) is 2.43. The third-order valence-corrected chi connectivity index (χ3v) is 3.74. The van der Waals surface area contributed by atoms with Gasteiger partial charge in [-0.15, -0.1) is 0 Å². The smallest absolute Gasteiger partial charge is 0.433 e. The molecule has 13 heteroatoms. The highest BCUT2D eigenvalue weighted by Gasteiger charge is 2.38. The van der Waals surface area contributed by atoms with Gasteiger partial charge in [0.05, 0.1) is 23.4 Å². The van der Waals surface area contributed by atoms with Crippen LogP contribution in [0, 0.1) is 0 Å². The van der Waals surface area contributed by atoms with Crippen molar-refractivity contribution in [1.82, 2.24) is 9.55 Å². The van der Waals surface area contributed by atoms with Gasteiger partial charge in [0, 0.05) is 12.6 Å². The number of benzene rings is 1. The Morgan fingerprint density at radius 2 is 1.53 bits per heavy atom. The monoisotopic (exact) mass is 447 g/mol. The lowest BCUT2D eigenvalue weighted by atomic mass is 10.1. The standard InChI is InChI=1S/C17H14F9N3O/c1-3-29-13(30-4-2)8-12(17(24,25)26)28-14(29)27-11-6-5-9(15(18,19)20)7-10(11)16(21,22)23/h5-8H,3-4H2,1-2H3. The summed E-state index contributed by atoms with van der Waals surface area (Å²) < 4.78 is 124. The Hall–Kier alpha value is -2.73. The Kier molecular flexibility index (Phi) is 6.43. The van der Waals surface area contributed by atoms with Gasteiger partial charge in [-0.05, 0) is 32.0 Å². The first kappa shape index (κ1) is 23.5. The maximum atomic E-state index is 13.3. The van der Waals surface area contributed by atoms with E-state index in [9.17, 15) is 39.5 Å². The van der Waals surface area contributed by atoms with Crippen LogP contribution in [0.5, 0.6) is 5.88 Å². The molecule has 0 spiro atoms. The molecule has 0 aliphatic carbocycles. The maximum Gasteiger partial charge on any atom is 0.433 e. The molecule has 0 bridgehead atoms. The summed E-state index contributed by atoms with van der Waals surface area (Å²) >= 11 is 0. The van der Waals surface area contributed by atoms with E-state index in [1.807, 2.05) is 0 Å². The Morgan fingerprint density at radius 3 is 2.00 bits per heavy atom. The van der Waals surface area contributed by atoms with Crippen molar-refractivity contribution >= 4 is 5.69 Å². The van der Waals surface area contributed by atoms with E-state index in [-0.39, 0.29) is 25.1 Å². The van der Waals surface area contributed by atoms with Crippen molar-refractivity contribution in [3.63, 3.8) is 0 Å². The molecule has 1 heterocycles. The Bertz CT molecular complexity index is 972. The highest BCUT2D eigenvalue weighted by molar-refractivity contribution is 5.50. The molecule has 0 fully saturated rings. The molecule has 1 aromatic carbocycles. The van der Waals surface area contributed by atoms with E-state index in [1.54, 1.807) is 0 Å². The molecule has 0 aliphatic heterocycles. The SMILES string of the molecule is CCOc1cc(C(F)(F)F)nc(=Nc2ccc(C(F)(F)F)cc2C(F)(F)F)n1CC. The molecule has 0 saturated heterocycles. The number of halogens is 9. The molecule has 1 aromatic heterocycles. The fraction of sp³-hybridized carbons (Fsp3) is 0.412. The van der Waals surface area contributed by atoms with Crippen molar-refractivity contribution < 1.29 is 44.3 Å². The number of alkyl halides is 9. The average molecular weight is 447 g/mol. The maximum absolute atomic E-state index is 13.3. The molecule has 0 amide bonds. The van der Waals surface area contributed by atoms with Gasteiger partial charge in [-0.1, -0.05) is 0 Å². The molecule has 0 unspecified atom stereocenters. The first-order valence-corrected chi connectivity index (χ1v) is 8.33. The van der Waals surface area contributed by atoms with E-state index >= 15 is 0 Å². The topological polar surface area (TPSA) is 39.4 Å². The van der Waals surface area contributed by atoms with Crippen LogP contribution in [0.3, 0.4) is 0 Å². The molecule has 166 valence electrons. The number of nitrogens with zero attached hydrogens (tertiary/aromatic N) is 3. The van der Waals surface area contributed by atoms with Crippen molar-refractivity contribution in [2.75, 3.05) is 6.61 Å². The molecule has 4 nitrogen and oxygen atoms in total. The van der Waals surface area contributed by atoms with E-state index in [4.69, 9.17) is 4.74 Å². The third kappa shape index (κ3) is 5.25. The van der Waals surface area contributed by atoms with Crippen molar-refractivity contribution in [3.05, 3.63) is 46.7 Å². The summed E-state index contributed by atoms with van der Waals surface area (Å²) in [7, 11) is 0. The summed E-state index contributed by atoms with van der Waals surface area (Å²) in [5.41, 5.74) is -6.65. The minimum absolute atomic E-state index is 0.0607. The molecule has 0 atom stereocenters. The minimum Gasteiger partial charge on any atom is -0.479 e. The predicted octanol–water partition coefficient (Wildman–Crippen LogP) is 5.59. The van der Waals surface area contributed by atoms with E-state index < -0.39 is 46.7 Å². The van der Waals surface area contributed by atoms with Gasteiger partial charge in [-0.25, -0.2) is 9.98 Å². The van der Waals surface area contributed by atoms with Crippen LogP contribution < -0.4 is 10.4 Å². The number of hydrogen-bond acceptors (Lipinski definition) is 3. The predicted molar refractivity (Wildman–Crippen MR) is 85.7 cm³/mol. The van der Waals surface area contributed by atoms with E-state index in [2.05, 4.69) is 9.98 Å². The molecule has 30 heavy (non-hydrogen) atoms. The molecule has 0 radical (unpaired) electrons. The van der Waals surface area contributed by atoms with Crippen LogP contribution in [0.2, 0.25) is 0 Å². The first-order valence-electron chi connectivity index (χ1n) is 8.33. The van der Waals surface area contributed by atoms with Crippen LogP contribution in [0.1, 0.15) is 30.7 Å². The van der Waals surface area contributed by atoms with E-state index in [1.165, 1.54) is 13.8 Å². The number of aromatic nitrogens is 2. The molecule has 2 aromatic rings. The largest absolute Gasteiger partial charge is 0.479 e. The lowest BCUT2D eigenvalue weighted by Gasteiger charge is -2.16. The van der Waals surface area contributed by atoms with Crippen LogP contribution in [-0.4, -0.2) is 16.2 Å². The summed E-state index contributed by atoms with van der Waals surface area (Å²) in [5, 5.41) is 0. The van der Waals surface area contributed by atoms with Gasteiger partial charge in [0.15, 0.2) is 11.6 Å². The zero-order valence-corrected chi connectivity index (χ0v) is 15.4.